The summed E-state index contributed by atoms with van der Waals surface area (Å²) in [5, 5.41) is 11.9. The van der Waals surface area contributed by atoms with Gasteiger partial charge in [-0.3, -0.25) is 4.79 Å². The van der Waals surface area contributed by atoms with Gasteiger partial charge in [0.2, 0.25) is 15.9 Å². The highest BCUT2D eigenvalue weighted by Gasteiger charge is 2.27. The lowest BCUT2D eigenvalue weighted by molar-refractivity contribution is -0.120. The summed E-state index contributed by atoms with van der Waals surface area (Å²) in [6.45, 7) is 0.583. The van der Waals surface area contributed by atoms with Crippen molar-refractivity contribution in [2.75, 3.05) is 19.6 Å². The molecule has 1 aliphatic rings. The van der Waals surface area contributed by atoms with Crippen LogP contribution in [0.25, 0.3) is 0 Å². The molecule has 0 saturated carbocycles. The van der Waals surface area contributed by atoms with Gasteiger partial charge in [0.15, 0.2) is 0 Å². The first-order valence-corrected chi connectivity index (χ1v) is 7.00. The van der Waals surface area contributed by atoms with Crippen molar-refractivity contribution in [3.05, 3.63) is 24.3 Å². The third kappa shape index (κ3) is 2.62. The Morgan fingerprint density at radius 1 is 1.33 bits per heavy atom. The van der Waals surface area contributed by atoms with Gasteiger partial charge in [-0.15, -0.1) is 0 Å². The van der Waals surface area contributed by atoms with Crippen LogP contribution in [-0.4, -0.2) is 43.4 Å². The van der Waals surface area contributed by atoms with Crippen LogP contribution in [0.4, 0.5) is 0 Å². The third-order valence-electron chi connectivity index (χ3n) is 2.68. The van der Waals surface area contributed by atoms with Gasteiger partial charge in [-0.1, -0.05) is 6.07 Å². The zero-order valence-corrected chi connectivity index (χ0v) is 10.5. The molecule has 0 radical (unpaired) electrons. The molecule has 0 aliphatic carbocycles. The fourth-order valence-electron chi connectivity index (χ4n) is 1.78. The predicted octanol–water partition coefficient (Wildman–Crippen LogP) is -0.0972. The van der Waals surface area contributed by atoms with Crippen molar-refractivity contribution in [1.29, 1.82) is 0 Å². The van der Waals surface area contributed by atoms with E-state index in [1.165, 1.54) is 24.3 Å². The highest BCUT2D eigenvalue weighted by atomic mass is 32.2. The lowest BCUT2D eigenvalue weighted by Crippen LogP contribution is -2.37. The number of rotatable bonds is 2. The van der Waals surface area contributed by atoms with E-state index in [1.54, 1.807) is 0 Å². The number of amides is 1. The van der Waals surface area contributed by atoms with E-state index < -0.39 is 10.0 Å². The molecule has 1 aromatic rings. The molecule has 2 N–H and O–H groups in total. The molecular weight excluding hydrogens is 256 g/mol. The van der Waals surface area contributed by atoms with Crippen molar-refractivity contribution < 1.29 is 18.3 Å². The number of hydrogen-bond acceptors (Lipinski definition) is 4. The normalized spacial score (nSPS) is 18.1. The minimum absolute atomic E-state index is 0.00259. The standard InChI is InChI=1S/C11H14N2O4S/c14-9-3-1-4-10(7-9)18(16,17)13-6-2-5-12-11(15)8-13/h1,3-4,7,14H,2,5-6,8H2,(H,12,15). The van der Waals surface area contributed by atoms with Crippen LogP contribution < -0.4 is 5.32 Å². The molecule has 1 amide bonds. The average molecular weight is 270 g/mol. The van der Waals surface area contributed by atoms with Gasteiger partial charge in [-0.05, 0) is 24.6 Å². The number of phenols is 1. The first kappa shape index (κ1) is 12.8. The highest BCUT2D eigenvalue weighted by molar-refractivity contribution is 7.89. The number of carbonyl (C=O) groups is 1. The number of nitrogens with zero attached hydrogens (tertiary/aromatic N) is 1. The molecule has 1 saturated heterocycles. The molecule has 0 bridgehead atoms. The van der Waals surface area contributed by atoms with Gasteiger partial charge in [0.1, 0.15) is 5.75 Å². The van der Waals surface area contributed by atoms with E-state index >= 15 is 0 Å². The minimum Gasteiger partial charge on any atom is -0.508 e. The summed E-state index contributed by atoms with van der Waals surface area (Å²) in [4.78, 5) is 11.4. The summed E-state index contributed by atoms with van der Waals surface area (Å²) in [5.41, 5.74) is 0. The van der Waals surface area contributed by atoms with E-state index in [2.05, 4.69) is 5.32 Å². The molecule has 98 valence electrons. The summed E-state index contributed by atoms with van der Waals surface area (Å²) in [5.74, 6) is -0.424. The van der Waals surface area contributed by atoms with Gasteiger partial charge in [0.25, 0.3) is 0 Å². The summed E-state index contributed by atoms with van der Waals surface area (Å²) >= 11 is 0. The van der Waals surface area contributed by atoms with Crippen LogP contribution in [0, 0.1) is 0 Å². The molecular formula is C11H14N2O4S. The van der Waals surface area contributed by atoms with E-state index in [0.29, 0.717) is 13.0 Å². The molecule has 18 heavy (non-hydrogen) atoms. The number of phenolic OH excluding ortho intramolecular Hbond substituents is 1. The Labute approximate surface area is 105 Å². The van der Waals surface area contributed by atoms with Crippen LogP contribution in [0.1, 0.15) is 6.42 Å². The van der Waals surface area contributed by atoms with Gasteiger partial charge < -0.3 is 10.4 Å². The first-order chi connectivity index (χ1) is 8.50. The van der Waals surface area contributed by atoms with Crippen LogP contribution in [-0.2, 0) is 14.8 Å². The molecule has 1 fully saturated rings. The van der Waals surface area contributed by atoms with Crippen molar-refractivity contribution in [3.8, 4) is 5.75 Å². The molecule has 2 rings (SSSR count). The summed E-state index contributed by atoms with van der Waals surface area (Å²) in [6, 6.07) is 5.43. The molecule has 0 atom stereocenters. The predicted molar refractivity (Wildman–Crippen MR) is 64.5 cm³/mol. The lowest BCUT2D eigenvalue weighted by atomic mass is 10.3. The molecule has 6 nitrogen and oxygen atoms in total. The zero-order chi connectivity index (χ0) is 13.2. The van der Waals surface area contributed by atoms with Crippen LogP contribution in [0.2, 0.25) is 0 Å². The van der Waals surface area contributed by atoms with E-state index in [4.69, 9.17) is 0 Å². The van der Waals surface area contributed by atoms with Gasteiger partial charge in [-0.2, -0.15) is 4.31 Å². The Hall–Kier alpha value is -1.60. The largest absolute Gasteiger partial charge is 0.508 e. The van der Waals surface area contributed by atoms with Gasteiger partial charge in [0.05, 0.1) is 11.4 Å². The smallest absolute Gasteiger partial charge is 0.243 e. The Balaban J connectivity index is 2.32. The molecule has 0 unspecified atom stereocenters. The highest BCUT2D eigenvalue weighted by Crippen LogP contribution is 2.20. The maximum atomic E-state index is 12.3. The maximum absolute atomic E-state index is 12.3. The Bertz CT molecular complexity index is 556. The SMILES string of the molecule is O=C1CN(S(=O)(=O)c2cccc(O)c2)CCCN1. The van der Waals surface area contributed by atoms with Crippen molar-refractivity contribution >= 4 is 15.9 Å². The molecule has 1 aliphatic heterocycles. The number of nitrogens with one attached hydrogen (secondary N) is 1. The summed E-state index contributed by atoms with van der Waals surface area (Å²) in [6.07, 6.45) is 0.573. The number of aromatic hydroxyl groups is 1. The third-order valence-corrected chi connectivity index (χ3v) is 4.52. The number of sulfonamides is 1. The van der Waals surface area contributed by atoms with Crippen molar-refractivity contribution in [3.63, 3.8) is 0 Å². The number of benzene rings is 1. The topological polar surface area (TPSA) is 86.7 Å². The summed E-state index contributed by atoms with van der Waals surface area (Å²) in [7, 11) is -3.73. The molecule has 7 heteroatoms. The fraction of sp³-hybridized carbons (Fsp3) is 0.364. The average Bonchev–Trinajstić information content (AvgIpc) is 2.54. The number of carbonyl (C=O) groups excluding carboxylic acids is 1. The van der Waals surface area contributed by atoms with Crippen LogP contribution >= 0.6 is 0 Å². The van der Waals surface area contributed by atoms with Crippen molar-refractivity contribution in [2.24, 2.45) is 0 Å². The molecule has 0 spiro atoms. The quantitative estimate of drug-likeness (QED) is 0.786. The first-order valence-electron chi connectivity index (χ1n) is 5.56. The Morgan fingerprint density at radius 3 is 2.83 bits per heavy atom. The van der Waals surface area contributed by atoms with Crippen molar-refractivity contribution in [1.82, 2.24) is 9.62 Å². The Morgan fingerprint density at radius 2 is 2.11 bits per heavy atom. The Kier molecular flexibility index (Phi) is 3.53. The van der Waals surface area contributed by atoms with Crippen LogP contribution in [0.3, 0.4) is 0 Å². The van der Waals surface area contributed by atoms with Gasteiger partial charge in [0, 0.05) is 13.1 Å². The second-order valence-electron chi connectivity index (χ2n) is 4.04. The fourth-order valence-corrected chi connectivity index (χ4v) is 3.25. The molecule has 0 aromatic heterocycles. The van der Waals surface area contributed by atoms with Gasteiger partial charge in [-0.25, -0.2) is 8.42 Å². The maximum Gasteiger partial charge on any atom is 0.243 e. The monoisotopic (exact) mass is 270 g/mol. The lowest BCUT2D eigenvalue weighted by Gasteiger charge is -2.18. The minimum atomic E-state index is -3.73. The van der Waals surface area contributed by atoms with Crippen LogP contribution in [0.5, 0.6) is 5.75 Å². The van der Waals surface area contributed by atoms with Gasteiger partial charge >= 0.3 is 0 Å². The molecule has 1 aromatic carbocycles. The van der Waals surface area contributed by atoms with E-state index in [1.807, 2.05) is 0 Å². The second-order valence-corrected chi connectivity index (χ2v) is 5.98. The second kappa shape index (κ2) is 4.95. The number of hydrogen-bond donors (Lipinski definition) is 2. The van der Waals surface area contributed by atoms with E-state index in [9.17, 15) is 18.3 Å². The van der Waals surface area contributed by atoms with Crippen molar-refractivity contribution in [2.45, 2.75) is 11.3 Å². The van der Waals surface area contributed by atoms with E-state index in [-0.39, 0.29) is 29.6 Å². The van der Waals surface area contributed by atoms with E-state index in [0.717, 1.165) is 4.31 Å². The summed E-state index contributed by atoms with van der Waals surface area (Å²) < 4.78 is 25.7. The zero-order valence-electron chi connectivity index (χ0n) is 9.67. The van der Waals surface area contributed by atoms with Crippen LogP contribution in [0.15, 0.2) is 29.2 Å². The molecule has 1 heterocycles.